The van der Waals surface area contributed by atoms with Crippen molar-refractivity contribution < 1.29 is 18.7 Å². The van der Waals surface area contributed by atoms with Gasteiger partial charge < -0.3 is 10.4 Å². The smallest absolute Gasteiger partial charge is 0.349 e. The zero-order chi connectivity index (χ0) is 8.91. The van der Waals surface area contributed by atoms with Crippen LogP contribution in [-0.4, -0.2) is 23.7 Å². The number of nitrogens with one attached hydrogen (secondary N) is 1. The predicted molar refractivity (Wildman–Crippen MR) is 35.1 cm³/mol. The SMILES string of the molecule is CCCCNC(=O)C(O)(F)F. The number of hydrogen-bond acceptors (Lipinski definition) is 2. The van der Waals surface area contributed by atoms with Crippen LogP contribution in [0.4, 0.5) is 8.78 Å². The summed E-state index contributed by atoms with van der Waals surface area (Å²) in [6, 6.07) is 0. The number of carbonyl (C=O) groups is 1. The van der Waals surface area contributed by atoms with Gasteiger partial charge >= 0.3 is 12.0 Å². The minimum atomic E-state index is -4.24. The molecule has 66 valence electrons. The number of alkyl halides is 2. The summed E-state index contributed by atoms with van der Waals surface area (Å²) in [6.07, 6.45) is -2.81. The lowest BCUT2D eigenvalue weighted by Gasteiger charge is -2.08. The van der Waals surface area contributed by atoms with Gasteiger partial charge in [0.1, 0.15) is 0 Å². The van der Waals surface area contributed by atoms with Crippen LogP contribution in [0.1, 0.15) is 19.8 Å². The molecule has 0 aromatic carbocycles. The Labute approximate surface area is 63.4 Å². The molecule has 11 heavy (non-hydrogen) atoms. The molecule has 0 fully saturated rings. The van der Waals surface area contributed by atoms with Gasteiger partial charge in [-0.05, 0) is 6.42 Å². The number of amides is 1. The van der Waals surface area contributed by atoms with Gasteiger partial charge in [-0.3, -0.25) is 4.79 Å². The Morgan fingerprint density at radius 1 is 1.64 bits per heavy atom. The van der Waals surface area contributed by atoms with Crippen molar-refractivity contribution in [1.82, 2.24) is 5.32 Å². The molecule has 0 bridgehead atoms. The molecule has 0 aromatic heterocycles. The van der Waals surface area contributed by atoms with Crippen molar-refractivity contribution in [1.29, 1.82) is 0 Å². The molecule has 5 heteroatoms. The van der Waals surface area contributed by atoms with Crippen LogP contribution in [0.15, 0.2) is 0 Å². The van der Waals surface area contributed by atoms with E-state index in [9.17, 15) is 13.6 Å². The molecule has 2 N–H and O–H groups in total. The van der Waals surface area contributed by atoms with Crippen molar-refractivity contribution in [2.24, 2.45) is 0 Å². The van der Waals surface area contributed by atoms with E-state index in [4.69, 9.17) is 5.11 Å². The second kappa shape index (κ2) is 4.23. The molecular formula is C6H11F2NO2. The maximum Gasteiger partial charge on any atom is 0.433 e. The van der Waals surface area contributed by atoms with Crippen molar-refractivity contribution in [3.63, 3.8) is 0 Å². The van der Waals surface area contributed by atoms with Crippen LogP contribution in [0.3, 0.4) is 0 Å². The Kier molecular flexibility index (Phi) is 3.95. The highest BCUT2D eigenvalue weighted by Gasteiger charge is 2.34. The molecule has 0 aliphatic rings. The molecule has 0 saturated heterocycles. The molecule has 0 unspecified atom stereocenters. The van der Waals surface area contributed by atoms with Gasteiger partial charge in [-0.15, -0.1) is 0 Å². The Morgan fingerprint density at radius 3 is 2.55 bits per heavy atom. The largest absolute Gasteiger partial charge is 0.433 e. The quantitative estimate of drug-likeness (QED) is 0.598. The summed E-state index contributed by atoms with van der Waals surface area (Å²) in [5.74, 6) is -1.63. The van der Waals surface area contributed by atoms with Crippen LogP contribution >= 0.6 is 0 Å². The molecule has 0 saturated carbocycles. The molecule has 0 radical (unpaired) electrons. The van der Waals surface area contributed by atoms with Gasteiger partial charge in [0.05, 0.1) is 0 Å². The summed E-state index contributed by atoms with van der Waals surface area (Å²) in [4.78, 5) is 10.2. The third-order valence-corrected chi connectivity index (χ3v) is 1.09. The van der Waals surface area contributed by atoms with Crippen LogP contribution in [-0.2, 0) is 4.79 Å². The third-order valence-electron chi connectivity index (χ3n) is 1.09. The first-order valence-electron chi connectivity index (χ1n) is 3.37. The highest BCUT2D eigenvalue weighted by molar-refractivity contribution is 5.81. The first-order valence-corrected chi connectivity index (χ1v) is 3.37. The van der Waals surface area contributed by atoms with Crippen molar-refractivity contribution >= 4 is 5.91 Å². The van der Waals surface area contributed by atoms with Gasteiger partial charge in [-0.1, -0.05) is 13.3 Å². The monoisotopic (exact) mass is 167 g/mol. The van der Waals surface area contributed by atoms with Crippen molar-refractivity contribution in [2.45, 2.75) is 25.9 Å². The fraction of sp³-hybridized carbons (Fsp3) is 0.833. The first kappa shape index (κ1) is 10.3. The maximum atomic E-state index is 11.7. The second-order valence-corrected chi connectivity index (χ2v) is 2.15. The normalized spacial score (nSPS) is 11.3. The van der Waals surface area contributed by atoms with Crippen molar-refractivity contribution in [3.05, 3.63) is 0 Å². The van der Waals surface area contributed by atoms with Gasteiger partial charge in [-0.25, -0.2) is 0 Å². The second-order valence-electron chi connectivity index (χ2n) is 2.15. The van der Waals surface area contributed by atoms with E-state index in [-0.39, 0.29) is 6.54 Å². The summed E-state index contributed by atoms with van der Waals surface area (Å²) in [5, 5.41) is 9.72. The minimum absolute atomic E-state index is 0.172. The molecule has 0 atom stereocenters. The highest BCUT2D eigenvalue weighted by atomic mass is 19.3. The first-order chi connectivity index (χ1) is 4.98. The fourth-order valence-electron chi connectivity index (χ4n) is 0.485. The molecule has 0 spiro atoms. The molecule has 0 rings (SSSR count). The van der Waals surface area contributed by atoms with Crippen molar-refractivity contribution in [3.8, 4) is 0 Å². The Bertz CT molecular complexity index is 133. The molecule has 1 amide bonds. The third kappa shape index (κ3) is 4.66. The number of unbranched alkanes of at least 4 members (excludes halogenated alkanes) is 1. The average Bonchev–Trinajstić information content (AvgIpc) is 1.86. The Balaban J connectivity index is 3.54. The molecular weight excluding hydrogens is 156 g/mol. The highest BCUT2D eigenvalue weighted by Crippen LogP contribution is 2.06. The lowest BCUT2D eigenvalue weighted by atomic mass is 10.3. The van der Waals surface area contributed by atoms with Gasteiger partial charge in [0.25, 0.3) is 0 Å². The Morgan fingerprint density at radius 2 is 2.18 bits per heavy atom. The zero-order valence-electron chi connectivity index (χ0n) is 6.23. The topological polar surface area (TPSA) is 49.3 Å². The van der Waals surface area contributed by atoms with Crippen LogP contribution in [0.25, 0.3) is 0 Å². The summed E-state index contributed by atoms with van der Waals surface area (Å²) >= 11 is 0. The standard InChI is InChI=1S/C6H11F2NO2/c1-2-3-4-9-5(10)6(7,8)11/h11H,2-4H2,1H3,(H,9,10). The molecule has 0 heterocycles. The van der Waals surface area contributed by atoms with E-state index < -0.39 is 12.0 Å². The van der Waals surface area contributed by atoms with E-state index in [1.165, 1.54) is 0 Å². The van der Waals surface area contributed by atoms with E-state index >= 15 is 0 Å². The number of halogens is 2. The van der Waals surface area contributed by atoms with E-state index in [0.29, 0.717) is 6.42 Å². The van der Waals surface area contributed by atoms with E-state index in [0.717, 1.165) is 6.42 Å². The lowest BCUT2D eigenvalue weighted by molar-refractivity contribution is -0.205. The van der Waals surface area contributed by atoms with Crippen LogP contribution < -0.4 is 5.32 Å². The van der Waals surface area contributed by atoms with Crippen molar-refractivity contribution in [2.75, 3.05) is 6.54 Å². The zero-order valence-corrected chi connectivity index (χ0v) is 6.23. The number of aliphatic hydroxyl groups is 1. The minimum Gasteiger partial charge on any atom is -0.349 e. The lowest BCUT2D eigenvalue weighted by Crippen LogP contribution is -2.40. The van der Waals surface area contributed by atoms with Gasteiger partial charge in [-0.2, -0.15) is 8.78 Å². The summed E-state index contributed by atoms with van der Waals surface area (Å²) in [7, 11) is 0. The number of carbonyl (C=O) groups excluding carboxylic acids is 1. The van der Waals surface area contributed by atoms with Crippen LogP contribution in [0.5, 0.6) is 0 Å². The van der Waals surface area contributed by atoms with E-state index in [2.05, 4.69) is 0 Å². The summed E-state index contributed by atoms with van der Waals surface area (Å²) < 4.78 is 23.4. The van der Waals surface area contributed by atoms with Gasteiger partial charge in [0, 0.05) is 6.54 Å². The number of hydrogen-bond donors (Lipinski definition) is 2. The summed E-state index contributed by atoms with van der Waals surface area (Å²) in [6.45, 7) is 2.04. The van der Waals surface area contributed by atoms with Gasteiger partial charge in [0.15, 0.2) is 0 Å². The average molecular weight is 167 g/mol. The van der Waals surface area contributed by atoms with E-state index in [1.54, 1.807) is 0 Å². The molecule has 0 aliphatic heterocycles. The maximum absolute atomic E-state index is 11.7. The number of rotatable bonds is 4. The molecule has 0 aliphatic carbocycles. The molecule has 0 aromatic rings. The predicted octanol–water partition coefficient (Wildman–Crippen LogP) is 0.488. The summed E-state index contributed by atoms with van der Waals surface area (Å²) in [5.41, 5.74) is 0. The van der Waals surface area contributed by atoms with Gasteiger partial charge in [0.2, 0.25) is 0 Å². The molecule has 3 nitrogen and oxygen atoms in total. The van der Waals surface area contributed by atoms with Crippen LogP contribution in [0.2, 0.25) is 0 Å². The fourth-order valence-corrected chi connectivity index (χ4v) is 0.485. The Hall–Kier alpha value is -0.710. The van der Waals surface area contributed by atoms with E-state index in [1.807, 2.05) is 12.2 Å². The van der Waals surface area contributed by atoms with Crippen LogP contribution in [0, 0.1) is 0 Å².